The van der Waals surface area contributed by atoms with Gasteiger partial charge in [0.05, 0.1) is 18.2 Å². The first kappa shape index (κ1) is 10.2. The average Bonchev–Trinajstić information content (AvgIpc) is 2.40. The van der Waals surface area contributed by atoms with Gasteiger partial charge in [0.15, 0.2) is 11.5 Å². The third kappa shape index (κ3) is 1.74. The summed E-state index contributed by atoms with van der Waals surface area (Å²) in [5.74, 6) is 2.07. The quantitative estimate of drug-likeness (QED) is 0.815. The fourth-order valence-electron chi connectivity index (χ4n) is 2.01. The van der Waals surface area contributed by atoms with Crippen LogP contribution in [0.2, 0.25) is 5.02 Å². The van der Waals surface area contributed by atoms with Crippen molar-refractivity contribution in [3.05, 3.63) is 22.7 Å². The Morgan fingerprint density at radius 1 is 1.19 bits per heavy atom. The van der Waals surface area contributed by atoms with Crippen LogP contribution in [0.4, 0.5) is 0 Å². The third-order valence-electron chi connectivity index (χ3n) is 3.08. The first-order valence-electron chi connectivity index (χ1n) is 5.64. The van der Waals surface area contributed by atoms with E-state index in [2.05, 4.69) is 11.4 Å². The molecule has 0 unspecified atom stereocenters. The van der Waals surface area contributed by atoms with Crippen molar-refractivity contribution in [3.63, 3.8) is 0 Å². The minimum atomic E-state index is 0.564. The van der Waals surface area contributed by atoms with Crippen LogP contribution in [0.1, 0.15) is 17.9 Å². The zero-order valence-electron chi connectivity index (χ0n) is 8.96. The van der Waals surface area contributed by atoms with Crippen molar-refractivity contribution < 1.29 is 9.47 Å². The van der Waals surface area contributed by atoms with Crippen LogP contribution in [0, 0.1) is 0 Å². The van der Waals surface area contributed by atoms with Crippen LogP contribution in [0.3, 0.4) is 0 Å². The summed E-state index contributed by atoms with van der Waals surface area (Å²) in [4.78, 5) is 0. The molecular weight excluding hydrogens is 226 g/mol. The first-order valence-corrected chi connectivity index (χ1v) is 6.02. The van der Waals surface area contributed by atoms with Crippen molar-refractivity contribution >= 4 is 11.6 Å². The van der Waals surface area contributed by atoms with Gasteiger partial charge >= 0.3 is 0 Å². The molecule has 1 aromatic carbocycles. The molecule has 0 aliphatic carbocycles. The van der Waals surface area contributed by atoms with E-state index in [0.717, 1.165) is 25.3 Å². The largest absolute Gasteiger partial charge is 0.489 e. The van der Waals surface area contributed by atoms with E-state index in [4.69, 9.17) is 21.1 Å². The molecule has 0 aromatic heterocycles. The van der Waals surface area contributed by atoms with Crippen molar-refractivity contribution in [2.24, 2.45) is 0 Å². The van der Waals surface area contributed by atoms with E-state index in [0.29, 0.717) is 29.9 Å². The maximum atomic E-state index is 6.22. The fraction of sp³-hybridized carbons (Fsp3) is 0.500. The van der Waals surface area contributed by atoms with Crippen molar-refractivity contribution in [2.75, 3.05) is 26.3 Å². The topological polar surface area (TPSA) is 30.5 Å². The molecule has 1 fully saturated rings. The molecule has 0 atom stereocenters. The molecule has 0 radical (unpaired) electrons. The monoisotopic (exact) mass is 239 g/mol. The van der Waals surface area contributed by atoms with E-state index in [1.54, 1.807) is 0 Å². The SMILES string of the molecule is Clc1cc(C2CNC2)cc2c1OCCCO2. The second-order valence-electron chi connectivity index (χ2n) is 4.24. The van der Waals surface area contributed by atoms with Gasteiger partial charge in [0, 0.05) is 25.4 Å². The lowest BCUT2D eigenvalue weighted by molar-refractivity contribution is 0.297. The van der Waals surface area contributed by atoms with E-state index < -0.39 is 0 Å². The molecule has 86 valence electrons. The van der Waals surface area contributed by atoms with Crippen LogP contribution in [0.25, 0.3) is 0 Å². The van der Waals surface area contributed by atoms with Gasteiger partial charge in [-0.3, -0.25) is 0 Å². The normalized spacial score (nSPS) is 20.1. The molecule has 1 N–H and O–H groups in total. The van der Waals surface area contributed by atoms with Gasteiger partial charge in [0.25, 0.3) is 0 Å². The van der Waals surface area contributed by atoms with Crippen LogP contribution in [-0.2, 0) is 0 Å². The Balaban J connectivity index is 1.98. The van der Waals surface area contributed by atoms with E-state index >= 15 is 0 Å². The van der Waals surface area contributed by atoms with E-state index in [9.17, 15) is 0 Å². The van der Waals surface area contributed by atoms with Crippen LogP contribution in [0.5, 0.6) is 11.5 Å². The minimum Gasteiger partial charge on any atom is -0.489 e. The summed E-state index contributed by atoms with van der Waals surface area (Å²) in [7, 11) is 0. The lowest BCUT2D eigenvalue weighted by Gasteiger charge is -2.28. The summed E-state index contributed by atoms with van der Waals surface area (Å²) in [5.41, 5.74) is 1.24. The van der Waals surface area contributed by atoms with E-state index in [-0.39, 0.29) is 0 Å². The predicted octanol–water partition coefficient (Wildman–Crippen LogP) is 2.19. The summed E-state index contributed by atoms with van der Waals surface area (Å²) < 4.78 is 11.3. The zero-order chi connectivity index (χ0) is 11.0. The molecule has 2 aliphatic rings. The molecule has 0 bridgehead atoms. The number of halogens is 1. The predicted molar refractivity (Wildman–Crippen MR) is 62.7 cm³/mol. The fourth-order valence-corrected chi connectivity index (χ4v) is 2.28. The average molecular weight is 240 g/mol. The van der Waals surface area contributed by atoms with Crippen molar-refractivity contribution in [2.45, 2.75) is 12.3 Å². The number of nitrogens with one attached hydrogen (secondary N) is 1. The van der Waals surface area contributed by atoms with Crippen molar-refractivity contribution in [3.8, 4) is 11.5 Å². The number of ether oxygens (including phenoxy) is 2. The Morgan fingerprint density at radius 2 is 2.00 bits per heavy atom. The van der Waals surface area contributed by atoms with Gasteiger partial charge in [-0.15, -0.1) is 0 Å². The maximum absolute atomic E-state index is 6.22. The zero-order valence-corrected chi connectivity index (χ0v) is 9.72. The van der Waals surface area contributed by atoms with E-state index in [1.165, 1.54) is 5.56 Å². The Bertz CT molecular complexity index is 404. The Labute approximate surface area is 99.7 Å². The third-order valence-corrected chi connectivity index (χ3v) is 3.36. The van der Waals surface area contributed by atoms with Gasteiger partial charge in [-0.2, -0.15) is 0 Å². The molecule has 16 heavy (non-hydrogen) atoms. The van der Waals surface area contributed by atoms with Crippen molar-refractivity contribution in [1.82, 2.24) is 5.32 Å². The van der Waals surface area contributed by atoms with Crippen LogP contribution < -0.4 is 14.8 Å². The standard InChI is InChI=1S/C12H14ClNO2/c13-10-4-8(9-6-14-7-9)5-11-12(10)16-3-1-2-15-11/h4-5,9,14H,1-3,6-7H2. The highest BCUT2D eigenvalue weighted by Gasteiger charge is 2.23. The van der Waals surface area contributed by atoms with Crippen LogP contribution in [-0.4, -0.2) is 26.3 Å². The summed E-state index contributed by atoms with van der Waals surface area (Å²) >= 11 is 6.22. The molecule has 4 heteroatoms. The second kappa shape index (κ2) is 4.15. The summed E-state index contributed by atoms with van der Waals surface area (Å²) in [5, 5.41) is 3.92. The van der Waals surface area contributed by atoms with Crippen molar-refractivity contribution in [1.29, 1.82) is 0 Å². The molecule has 1 aromatic rings. The molecule has 2 heterocycles. The van der Waals surface area contributed by atoms with Gasteiger partial charge in [-0.05, 0) is 17.7 Å². The lowest BCUT2D eigenvalue weighted by Crippen LogP contribution is -2.39. The van der Waals surface area contributed by atoms with Crippen LogP contribution >= 0.6 is 11.6 Å². The molecular formula is C12H14ClNO2. The van der Waals surface area contributed by atoms with Gasteiger partial charge < -0.3 is 14.8 Å². The Hall–Kier alpha value is -0.930. The molecule has 0 saturated carbocycles. The Morgan fingerprint density at radius 3 is 2.75 bits per heavy atom. The van der Waals surface area contributed by atoms with E-state index in [1.807, 2.05) is 6.07 Å². The molecule has 1 saturated heterocycles. The molecule has 3 rings (SSSR count). The second-order valence-corrected chi connectivity index (χ2v) is 4.64. The summed E-state index contributed by atoms with van der Waals surface area (Å²) in [6.07, 6.45) is 0.908. The Kier molecular flexibility index (Phi) is 2.65. The smallest absolute Gasteiger partial charge is 0.179 e. The number of benzene rings is 1. The van der Waals surface area contributed by atoms with Gasteiger partial charge in [-0.25, -0.2) is 0 Å². The number of fused-ring (bicyclic) bond motifs is 1. The highest BCUT2D eigenvalue weighted by Crippen LogP contribution is 2.40. The molecule has 0 amide bonds. The minimum absolute atomic E-state index is 0.564. The van der Waals surface area contributed by atoms with Gasteiger partial charge in [-0.1, -0.05) is 11.6 Å². The first-order chi connectivity index (χ1) is 7.84. The maximum Gasteiger partial charge on any atom is 0.179 e. The highest BCUT2D eigenvalue weighted by atomic mass is 35.5. The lowest BCUT2D eigenvalue weighted by atomic mass is 9.93. The summed E-state index contributed by atoms with van der Waals surface area (Å²) in [6, 6.07) is 4.07. The number of hydrogen-bond acceptors (Lipinski definition) is 3. The van der Waals surface area contributed by atoms with Crippen LogP contribution in [0.15, 0.2) is 12.1 Å². The number of hydrogen-bond donors (Lipinski definition) is 1. The van der Waals surface area contributed by atoms with Gasteiger partial charge in [0.1, 0.15) is 0 Å². The molecule has 3 nitrogen and oxygen atoms in total. The van der Waals surface area contributed by atoms with Gasteiger partial charge in [0.2, 0.25) is 0 Å². The highest BCUT2D eigenvalue weighted by molar-refractivity contribution is 6.32. The summed E-state index contributed by atoms with van der Waals surface area (Å²) in [6.45, 7) is 3.43. The number of rotatable bonds is 1. The molecule has 0 spiro atoms. The molecule has 2 aliphatic heterocycles.